The summed E-state index contributed by atoms with van der Waals surface area (Å²) in [4.78, 5) is 39.6. The van der Waals surface area contributed by atoms with Gasteiger partial charge in [-0.1, -0.05) is 24.3 Å². The fourth-order valence-electron chi connectivity index (χ4n) is 3.80. The van der Waals surface area contributed by atoms with Crippen LogP contribution >= 0.6 is 0 Å². The molecule has 8 nitrogen and oxygen atoms in total. The number of halogens is 1. The number of carbonyl (C=O) groups excluding carboxylic acids is 1. The summed E-state index contributed by atoms with van der Waals surface area (Å²) in [5.41, 5.74) is 0.00833. The molecule has 9 heteroatoms. The van der Waals surface area contributed by atoms with Crippen LogP contribution in [0.25, 0.3) is 10.8 Å². The smallest absolute Gasteiger partial charge is 0.273 e. The Balaban J connectivity index is 1.50. The van der Waals surface area contributed by atoms with Crippen molar-refractivity contribution in [1.82, 2.24) is 20.0 Å². The highest BCUT2D eigenvalue weighted by atomic mass is 19.1. The lowest BCUT2D eigenvalue weighted by atomic mass is 10.0. The van der Waals surface area contributed by atoms with Crippen molar-refractivity contribution in [3.8, 4) is 0 Å². The third kappa shape index (κ3) is 4.73. The average Bonchev–Trinajstić information content (AvgIpc) is 2.79. The molecule has 31 heavy (non-hydrogen) atoms. The quantitative estimate of drug-likeness (QED) is 0.614. The molecule has 1 aliphatic rings. The van der Waals surface area contributed by atoms with Crippen molar-refractivity contribution in [1.29, 1.82) is 0 Å². The predicted molar refractivity (Wildman–Crippen MR) is 113 cm³/mol. The van der Waals surface area contributed by atoms with Crippen LogP contribution in [-0.2, 0) is 16.1 Å². The molecule has 1 atom stereocenters. The largest absolute Gasteiger partial charge is 0.379 e. The molecule has 2 aromatic carbocycles. The van der Waals surface area contributed by atoms with Crippen LogP contribution in [0, 0.1) is 5.82 Å². The van der Waals surface area contributed by atoms with E-state index in [-0.39, 0.29) is 35.7 Å². The van der Waals surface area contributed by atoms with Crippen LogP contribution in [-0.4, -0.2) is 53.4 Å². The van der Waals surface area contributed by atoms with Crippen LogP contribution in [0.3, 0.4) is 0 Å². The molecule has 2 heterocycles. The number of benzene rings is 2. The summed E-state index contributed by atoms with van der Waals surface area (Å²) in [7, 11) is 0. The van der Waals surface area contributed by atoms with E-state index >= 15 is 0 Å². The number of amides is 1. The highest BCUT2D eigenvalue weighted by Crippen LogP contribution is 2.21. The van der Waals surface area contributed by atoms with E-state index in [1.54, 1.807) is 36.4 Å². The van der Waals surface area contributed by atoms with E-state index in [9.17, 15) is 18.8 Å². The monoisotopic (exact) mass is 426 g/mol. The van der Waals surface area contributed by atoms with Crippen LogP contribution < -0.4 is 16.4 Å². The standard InChI is InChI=1S/C22H23FN4O4/c23-16-7-5-15(6-8-16)19(26-9-11-31-12-10-26)13-24-20(28)14-27-22(30)18-4-2-1-3-17(18)21(29)25-27/h1-8,19H,9-14H2,(H,24,28)(H,25,29)/t19-/m0/s1. The third-order valence-electron chi connectivity index (χ3n) is 5.42. The van der Waals surface area contributed by atoms with Crippen molar-refractivity contribution >= 4 is 16.7 Å². The van der Waals surface area contributed by atoms with Gasteiger partial charge in [-0.2, -0.15) is 0 Å². The van der Waals surface area contributed by atoms with Gasteiger partial charge >= 0.3 is 0 Å². The van der Waals surface area contributed by atoms with Gasteiger partial charge in [0.05, 0.1) is 30.0 Å². The molecule has 0 saturated carbocycles. The van der Waals surface area contributed by atoms with Gasteiger partial charge in [0, 0.05) is 19.6 Å². The second-order valence-corrected chi connectivity index (χ2v) is 7.40. The molecule has 162 valence electrons. The van der Waals surface area contributed by atoms with Gasteiger partial charge in [-0.25, -0.2) is 9.07 Å². The maximum atomic E-state index is 13.4. The fraction of sp³-hybridized carbons (Fsp3) is 0.318. The minimum atomic E-state index is -0.436. The molecule has 1 aliphatic heterocycles. The van der Waals surface area contributed by atoms with Crippen molar-refractivity contribution in [2.45, 2.75) is 12.6 Å². The number of aromatic nitrogens is 2. The normalized spacial score (nSPS) is 15.6. The predicted octanol–water partition coefficient (Wildman–Crippen LogP) is 1.02. The Morgan fingerprint density at radius 2 is 1.74 bits per heavy atom. The first kappa shape index (κ1) is 21.0. The maximum Gasteiger partial charge on any atom is 0.273 e. The number of aromatic amines is 1. The zero-order valence-corrected chi connectivity index (χ0v) is 16.8. The molecule has 0 unspecified atom stereocenters. The van der Waals surface area contributed by atoms with E-state index in [0.717, 1.165) is 10.2 Å². The summed E-state index contributed by atoms with van der Waals surface area (Å²) in [6, 6.07) is 12.5. The summed E-state index contributed by atoms with van der Waals surface area (Å²) in [5.74, 6) is -0.735. The van der Waals surface area contributed by atoms with Crippen molar-refractivity contribution in [2.75, 3.05) is 32.8 Å². The Labute approximate surface area is 177 Å². The Morgan fingerprint density at radius 3 is 2.45 bits per heavy atom. The molecule has 1 amide bonds. The number of fused-ring (bicyclic) bond motifs is 1. The topological polar surface area (TPSA) is 96.4 Å². The van der Waals surface area contributed by atoms with E-state index < -0.39 is 17.0 Å². The number of H-pyrrole nitrogens is 1. The van der Waals surface area contributed by atoms with E-state index in [2.05, 4.69) is 15.3 Å². The number of hydrogen-bond acceptors (Lipinski definition) is 5. The fourth-order valence-corrected chi connectivity index (χ4v) is 3.80. The van der Waals surface area contributed by atoms with Crippen molar-refractivity contribution < 1.29 is 13.9 Å². The number of morpholine rings is 1. The number of ether oxygens (including phenoxy) is 1. The van der Waals surface area contributed by atoms with Gasteiger partial charge in [0.2, 0.25) is 5.91 Å². The number of carbonyl (C=O) groups is 1. The molecular weight excluding hydrogens is 403 g/mol. The van der Waals surface area contributed by atoms with E-state index in [0.29, 0.717) is 26.3 Å². The van der Waals surface area contributed by atoms with Gasteiger partial charge < -0.3 is 10.1 Å². The zero-order valence-electron chi connectivity index (χ0n) is 16.8. The van der Waals surface area contributed by atoms with Crippen LogP contribution in [0.4, 0.5) is 4.39 Å². The number of hydrogen-bond donors (Lipinski definition) is 2. The molecule has 2 N–H and O–H groups in total. The number of nitrogens with zero attached hydrogens (tertiary/aromatic N) is 2. The van der Waals surface area contributed by atoms with Crippen molar-refractivity contribution in [2.24, 2.45) is 0 Å². The average molecular weight is 426 g/mol. The highest BCUT2D eigenvalue weighted by molar-refractivity contribution is 5.81. The second-order valence-electron chi connectivity index (χ2n) is 7.40. The zero-order chi connectivity index (χ0) is 21.8. The van der Waals surface area contributed by atoms with Crippen molar-refractivity contribution in [3.63, 3.8) is 0 Å². The van der Waals surface area contributed by atoms with Crippen LogP contribution in [0.2, 0.25) is 0 Å². The maximum absolute atomic E-state index is 13.4. The Kier molecular flexibility index (Phi) is 6.24. The molecule has 0 radical (unpaired) electrons. The number of rotatable bonds is 6. The van der Waals surface area contributed by atoms with Gasteiger partial charge in [-0.15, -0.1) is 0 Å². The van der Waals surface area contributed by atoms with Gasteiger partial charge in [-0.05, 0) is 29.8 Å². The minimum Gasteiger partial charge on any atom is -0.379 e. The van der Waals surface area contributed by atoms with Gasteiger partial charge in [0.25, 0.3) is 11.1 Å². The molecule has 0 spiro atoms. The molecule has 0 bridgehead atoms. The van der Waals surface area contributed by atoms with E-state index in [1.807, 2.05) is 0 Å². The Hall–Kier alpha value is -3.30. The van der Waals surface area contributed by atoms with Crippen LogP contribution in [0.15, 0.2) is 58.1 Å². The van der Waals surface area contributed by atoms with Gasteiger partial charge in [0.1, 0.15) is 12.4 Å². The lowest BCUT2D eigenvalue weighted by Gasteiger charge is -2.35. The summed E-state index contributed by atoms with van der Waals surface area (Å²) in [6.45, 7) is 2.51. The molecule has 1 aromatic heterocycles. The molecule has 0 aliphatic carbocycles. The summed E-state index contributed by atoms with van der Waals surface area (Å²) in [6.07, 6.45) is 0. The van der Waals surface area contributed by atoms with Crippen LogP contribution in [0.1, 0.15) is 11.6 Å². The first-order chi connectivity index (χ1) is 15.0. The molecule has 3 aromatic rings. The van der Waals surface area contributed by atoms with Crippen LogP contribution in [0.5, 0.6) is 0 Å². The third-order valence-corrected chi connectivity index (χ3v) is 5.42. The molecule has 1 fully saturated rings. The summed E-state index contributed by atoms with van der Waals surface area (Å²) >= 11 is 0. The first-order valence-corrected chi connectivity index (χ1v) is 10.1. The lowest BCUT2D eigenvalue weighted by molar-refractivity contribution is -0.122. The summed E-state index contributed by atoms with van der Waals surface area (Å²) < 4.78 is 19.8. The van der Waals surface area contributed by atoms with Gasteiger partial charge in [-0.3, -0.25) is 24.4 Å². The second kappa shape index (κ2) is 9.23. The molecule has 4 rings (SSSR count). The first-order valence-electron chi connectivity index (χ1n) is 10.1. The molecular formula is C22H23FN4O4. The molecule has 1 saturated heterocycles. The van der Waals surface area contributed by atoms with E-state index in [4.69, 9.17) is 4.74 Å². The van der Waals surface area contributed by atoms with Crippen molar-refractivity contribution in [3.05, 3.63) is 80.6 Å². The van der Waals surface area contributed by atoms with Gasteiger partial charge in [0.15, 0.2) is 0 Å². The van der Waals surface area contributed by atoms with E-state index in [1.165, 1.54) is 12.1 Å². The minimum absolute atomic E-state index is 0.166. The lowest BCUT2D eigenvalue weighted by Crippen LogP contribution is -2.45. The Morgan fingerprint density at radius 1 is 1.06 bits per heavy atom. The number of nitrogens with one attached hydrogen (secondary N) is 2. The highest BCUT2D eigenvalue weighted by Gasteiger charge is 2.23. The Bertz CT molecular complexity index is 1180. The SMILES string of the molecule is O=C(Cn1[nH]c(=O)c2ccccc2c1=O)NC[C@@H](c1ccc(F)cc1)N1CCOCC1. The summed E-state index contributed by atoms with van der Waals surface area (Å²) in [5, 5.41) is 5.84.